The van der Waals surface area contributed by atoms with E-state index in [1.54, 1.807) is 6.92 Å². The van der Waals surface area contributed by atoms with Gasteiger partial charge in [0.2, 0.25) is 5.91 Å². The number of likely N-dealkylation sites (N-methyl/N-ethyl adjacent to an activating group) is 1. The molecule has 22 heavy (non-hydrogen) atoms. The van der Waals surface area contributed by atoms with Crippen LogP contribution < -0.4 is 5.32 Å². The quantitative estimate of drug-likeness (QED) is 0.636. The molecule has 1 aliphatic rings. The monoisotopic (exact) mass is 367 g/mol. The van der Waals surface area contributed by atoms with Crippen LogP contribution in [0.1, 0.15) is 18.5 Å². The van der Waals surface area contributed by atoms with E-state index in [1.807, 2.05) is 24.3 Å². The van der Waals surface area contributed by atoms with Crippen molar-refractivity contribution in [3.8, 4) is 0 Å². The van der Waals surface area contributed by atoms with Gasteiger partial charge in [-0.25, -0.2) is 9.69 Å². The van der Waals surface area contributed by atoms with Crippen molar-refractivity contribution in [2.45, 2.75) is 13.0 Å². The lowest BCUT2D eigenvalue weighted by Gasteiger charge is -2.17. The lowest BCUT2D eigenvalue weighted by Crippen LogP contribution is -2.41. The average molecular weight is 368 g/mol. The molecule has 116 valence electrons. The summed E-state index contributed by atoms with van der Waals surface area (Å²) in [4.78, 5) is 47.9. The van der Waals surface area contributed by atoms with Gasteiger partial charge in [0.15, 0.2) is 0 Å². The Labute approximate surface area is 135 Å². The Morgan fingerprint density at radius 3 is 2.27 bits per heavy atom. The highest BCUT2D eigenvalue weighted by Crippen LogP contribution is 2.16. The van der Waals surface area contributed by atoms with Crippen molar-refractivity contribution in [1.82, 2.24) is 15.1 Å². The Morgan fingerprint density at radius 2 is 1.77 bits per heavy atom. The molecule has 0 spiro atoms. The number of rotatable bonds is 4. The molecule has 2 rings (SSSR count). The Morgan fingerprint density at radius 1 is 1.18 bits per heavy atom. The highest BCUT2D eigenvalue weighted by Gasteiger charge is 2.43. The van der Waals surface area contributed by atoms with Crippen molar-refractivity contribution < 1.29 is 19.2 Å². The van der Waals surface area contributed by atoms with Crippen LogP contribution in [-0.2, 0) is 14.4 Å². The normalized spacial score (nSPS) is 16.2. The van der Waals surface area contributed by atoms with Crippen LogP contribution in [0.5, 0.6) is 0 Å². The topological polar surface area (TPSA) is 86.8 Å². The third-order valence-corrected chi connectivity index (χ3v) is 3.83. The summed E-state index contributed by atoms with van der Waals surface area (Å²) in [7, 11) is 1.20. The second-order valence-corrected chi connectivity index (χ2v) is 5.79. The van der Waals surface area contributed by atoms with Crippen molar-refractivity contribution in [3.63, 3.8) is 0 Å². The number of nitrogens with zero attached hydrogens (tertiary/aromatic N) is 2. The fourth-order valence-corrected chi connectivity index (χ4v) is 2.28. The van der Waals surface area contributed by atoms with Gasteiger partial charge in [-0.05, 0) is 24.6 Å². The standard InChI is InChI=1S/C14H14BrN3O4/c1-8(9-3-5-10(15)6-4-9)16-11(19)7-18-13(21)12(20)17(2)14(18)22/h3-6,8H,7H2,1-2H3,(H,16,19)/t8-/m0/s1. The molecule has 0 aliphatic carbocycles. The molecule has 0 radical (unpaired) electrons. The summed E-state index contributed by atoms with van der Waals surface area (Å²) >= 11 is 3.32. The average Bonchev–Trinajstić information content (AvgIpc) is 2.65. The van der Waals surface area contributed by atoms with Gasteiger partial charge in [-0.3, -0.25) is 19.3 Å². The third-order valence-electron chi connectivity index (χ3n) is 3.30. The predicted molar refractivity (Wildman–Crippen MR) is 80.6 cm³/mol. The summed E-state index contributed by atoms with van der Waals surface area (Å²) < 4.78 is 0.921. The van der Waals surface area contributed by atoms with Crippen LogP contribution in [0.3, 0.4) is 0 Å². The summed E-state index contributed by atoms with van der Waals surface area (Å²) in [5.41, 5.74) is 0.879. The van der Waals surface area contributed by atoms with Gasteiger partial charge in [0.25, 0.3) is 0 Å². The zero-order valence-corrected chi connectivity index (χ0v) is 13.6. The Hall–Kier alpha value is -2.22. The van der Waals surface area contributed by atoms with Gasteiger partial charge in [-0.2, -0.15) is 0 Å². The van der Waals surface area contributed by atoms with E-state index in [2.05, 4.69) is 21.2 Å². The molecular weight excluding hydrogens is 354 g/mol. The van der Waals surface area contributed by atoms with Crippen molar-refractivity contribution in [2.75, 3.05) is 13.6 Å². The Kier molecular flexibility index (Phi) is 4.60. The van der Waals surface area contributed by atoms with Crippen LogP contribution in [0.25, 0.3) is 0 Å². The zero-order chi connectivity index (χ0) is 16.4. The van der Waals surface area contributed by atoms with Crippen LogP contribution in [-0.4, -0.2) is 47.1 Å². The first kappa shape index (κ1) is 16.2. The minimum atomic E-state index is -0.987. The lowest BCUT2D eigenvalue weighted by molar-refractivity contribution is -0.143. The molecule has 0 unspecified atom stereocenters. The van der Waals surface area contributed by atoms with E-state index in [0.29, 0.717) is 9.80 Å². The van der Waals surface area contributed by atoms with Gasteiger partial charge >= 0.3 is 17.8 Å². The molecule has 1 aromatic rings. The maximum absolute atomic E-state index is 12.0. The van der Waals surface area contributed by atoms with Gasteiger partial charge in [-0.15, -0.1) is 0 Å². The first-order valence-corrected chi connectivity index (χ1v) is 7.29. The molecule has 0 saturated carbocycles. The number of halogens is 1. The number of amides is 5. The van der Waals surface area contributed by atoms with E-state index in [0.717, 1.165) is 10.0 Å². The Bertz CT molecular complexity index is 644. The molecule has 1 aliphatic heterocycles. The van der Waals surface area contributed by atoms with Crippen molar-refractivity contribution in [3.05, 3.63) is 34.3 Å². The van der Waals surface area contributed by atoms with Crippen molar-refractivity contribution >= 4 is 39.7 Å². The van der Waals surface area contributed by atoms with E-state index >= 15 is 0 Å². The van der Waals surface area contributed by atoms with E-state index < -0.39 is 30.3 Å². The molecule has 1 heterocycles. The van der Waals surface area contributed by atoms with Gasteiger partial charge < -0.3 is 5.32 Å². The fourth-order valence-electron chi connectivity index (χ4n) is 2.02. The smallest absolute Gasteiger partial charge is 0.334 e. The first-order chi connectivity index (χ1) is 10.3. The number of nitrogens with one attached hydrogen (secondary N) is 1. The molecule has 1 N–H and O–H groups in total. The maximum Gasteiger partial charge on any atom is 0.334 e. The SMILES string of the molecule is C[C@H](NC(=O)CN1C(=O)C(=O)N(C)C1=O)c1ccc(Br)cc1. The number of urea groups is 1. The minimum Gasteiger partial charge on any atom is -0.348 e. The molecular formula is C14H14BrN3O4. The highest BCUT2D eigenvalue weighted by atomic mass is 79.9. The van der Waals surface area contributed by atoms with Gasteiger partial charge in [0, 0.05) is 11.5 Å². The lowest BCUT2D eigenvalue weighted by atomic mass is 10.1. The fraction of sp³-hybridized carbons (Fsp3) is 0.286. The maximum atomic E-state index is 12.0. The van der Waals surface area contributed by atoms with E-state index in [9.17, 15) is 19.2 Å². The van der Waals surface area contributed by atoms with Crippen LogP contribution in [0, 0.1) is 0 Å². The molecule has 8 heteroatoms. The van der Waals surface area contributed by atoms with Crippen LogP contribution in [0.15, 0.2) is 28.7 Å². The number of benzene rings is 1. The van der Waals surface area contributed by atoms with Crippen LogP contribution in [0.4, 0.5) is 4.79 Å². The molecule has 5 amide bonds. The number of carbonyl (C=O) groups excluding carboxylic acids is 4. The molecule has 0 bridgehead atoms. The summed E-state index contributed by atoms with van der Waals surface area (Å²) in [6.45, 7) is 1.31. The van der Waals surface area contributed by atoms with Crippen LogP contribution >= 0.6 is 15.9 Å². The summed E-state index contributed by atoms with van der Waals surface area (Å²) in [6, 6.07) is 6.30. The number of imide groups is 2. The minimum absolute atomic E-state index is 0.290. The van der Waals surface area contributed by atoms with Gasteiger partial charge in [-0.1, -0.05) is 28.1 Å². The zero-order valence-electron chi connectivity index (χ0n) is 12.0. The largest absolute Gasteiger partial charge is 0.348 e. The first-order valence-electron chi connectivity index (χ1n) is 6.49. The predicted octanol–water partition coefficient (Wildman–Crippen LogP) is 1.05. The second-order valence-electron chi connectivity index (χ2n) is 4.88. The van der Waals surface area contributed by atoms with E-state index in [4.69, 9.17) is 0 Å². The van der Waals surface area contributed by atoms with Gasteiger partial charge in [0.1, 0.15) is 6.54 Å². The van der Waals surface area contributed by atoms with Crippen molar-refractivity contribution in [1.29, 1.82) is 0 Å². The highest BCUT2D eigenvalue weighted by molar-refractivity contribution is 9.10. The summed E-state index contributed by atoms with van der Waals surface area (Å²) in [5, 5.41) is 2.68. The van der Waals surface area contributed by atoms with Crippen molar-refractivity contribution in [2.24, 2.45) is 0 Å². The molecule has 7 nitrogen and oxygen atoms in total. The van der Waals surface area contributed by atoms with Crippen LogP contribution in [0.2, 0.25) is 0 Å². The Balaban J connectivity index is 1.98. The number of hydrogen-bond acceptors (Lipinski definition) is 4. The second kappa shape index (κ2) is 6.27. The molecule has 1 saturated heterocycles. The molecule has 1 fully saturated rings. The number of carbonyl (C=O) groups is 4. The van der Waals surface area contributed by atoms with E-state index in [-0.39, 0.29) is 6.04 Å². The molecule has 1 atom stereocenters. The van der Waals surface area contributed by atoms with E-state index in [1.165, 1.54) is 7.05 Å². The molecule has 1 aromatic carbocycles. The van der Waals surface area contributed by atoms with Gasteiger partial charge in [0.05, 0.1) is 6.04 Å². The summed E-state index contributed by atoms with van der Waals surface area (Å²) in [5.74, 6) is -2.43. The number of hydrogen-bond donors (Lipinski definition) is 1. The summed E-state index contributed by atoms with van der Waals surface area (Å²) in [6.07, 6.45) is 0. The molecule has 0 aromatic heterocycles. The third kappa shape index (κ3) is 3.16.